The molecule has 50 heavy (non-hydrogen) atoms. The topological polar surface area (TPSA) is 81.2 Å². The number of benzene rings is 6. The highest BCUT2D eigenvalue weighted by molar-refractivity contribution is 6.12. The Morgan fingerprint density at radius 1 is 0.560 bits per heavy atom. The molecule has 1 aliphatic rings. The number of para-hydroxylation sites is 2. The highest BCUT2D eigenvalue weighted by atomic mass is 15.0. The first-order valence-electron chi connectivity index (χ1n) is 16.6. The largest absolute Gasteiger partial charge is 0.333 e. The molecule has 232 valence electrons. The molecule has 0 radical (unpaired) electrons. The molecule has 5 heteroatoms. The van der Waals surface area contributed by atoms with Gasteiger partial charge in [-0.25, -0.2) is 0 Å². The Morgan fingerprint density at radius 3 is 2.00 bits per heavy atom. The number of nitrogens with zero attached hydrogens (tertiary/aromatic N) is 5. The minimum atomic E-state index is -0.00406. The number of allylic oxidation sites excluding steroid dienone is 4. The van der Waals surface area contributed by atoms with Crippen LogP contribution < -0.4 is 0 Å². The van der Waals surface area contributed by atoms with Crippen LogP contribution >= 0.6 is 0 Å². The fourth-order valence-electron chi connectivity index (χ4n) is 7.74. The molecule has 1 atom stereocenters. The van der Waals surface area contributed by atoms with Gasteiger partial charge in [0, 0.05) is 32.6 Å². The third-order valence-corrected chi connectivity index (χ3v) is 9.91. The fraction of sp³-hybridized carbons (Fsp3) is 0.0444. The van der Waals surface area contributed by atoms with Crippen LogP contribution in [0.25, 0.3) is 66.0 Å². The summed E-state index contributed by atoms with van der Waals surface area (Å²) >= 11 is 0. The number of aromatic nitrogens is 2. The van der Waals surface area contributed by atoms with Crippen molar-refractivity contribution in [3.05, 3.63) is 168 Å². The standard InChI is InChI=1S/C45H27N5/c46-26-29-18-20-42(50-40-15-3-1-13-36(40)37-14-2-4-16-41(37)50)38(22-29)33-10-5-8-31(24-33)32-9-6-12-35(25-32)49-43-21-19-30(27-47)23-39(43)45-34(28-48)11-7-17-44(45)49/h1-11,13-25,35H,12H2. The molecule has 0 bridgehead atoms. The molecule has 0 amide bonds. The van der Waals surface area contributed by atoms with E-state index in [1.54, 1.807) is 0 Å². The van der Waals surface area contributed by atoms with Crippen molar-refractivity contribution in [3.8, 4) is 35.0 Å². The van der Waals surface area contributed by atoms with Gasteiger partial charge in [0.05, 0.1) is 63.2 Å². The summed E-state index contributed by atoms with van der Waals surface area (Å²) in [4.78, 5) is 0. The minimum absolute atomic E-state index is 0.00406. The zero-order valence-electron chi connectivity index (χ0n) is 26.9. The van der Waals surface area contributed by atoms with E-state index in [1.165, 1.54) is 10.8 Å². The summed E-state index contributed by atoms with van der Waals surface area (Å²) in [6.45, 7) is 0. The van der Waals surface area contributed by atoms with Gasteiger partial charge in [-0.05, 0) is 89.9 Å². The molecule has 2 heterocycles. The van der Waals surface area contributed by atoms with Crippen molar-refractivity contribution >= 4 is 49.2 Å². The van der Waals surface area contributed by atoms with E-state index in [0.29, 0.717) is 16.7 Å². The van der Waals surface area contributed by atoms with Crippen LogP contribution in [0.1, 0.15) is 34.7 Å². The van der Waals surface area contributed by atoms with Crippen molar-refractivity contribution in [3.63, 3.8) is 0 Å². The Kier molecular flexibility index (Phi) is 6.70. The van der Waals surface area contributed by atoms with E-state index in [0.717, 1.165) is 67.2 Å². The van der Waals surface area contributed by atoms with Crippen LogP contribution in [0.5, 0.6) is 0 Å². The molecular weight excluding hydrogens is 611 g/mol. The quantitative estimate of drug-likeness (QED) is 0.193. The molecule has 0 saturated heterocycles. The summed E-state index contributed by atoms with van der Waals surface area (Å²) in [6, 6.07) is 50.0. The van der Waals surface area contributed by atoms with Gasteiger partial charge in [-0.15, -0.1) is 0 Å². The summed E-state index contributed by atoms with van der Waals surface area (Å²) in [7, 11) is 0. The van der Waals surface area contributed by atoms with Gasteiger partial charge in [-0.1, -0.05) is 78.9 Å². The zero-order chi connectivity index (χ0) is 33.8. The fourth-order valence-corrected chi connectivity index (χ4v) is 7.74. The molecule has 0 N–H and O–H groups in total. The lowest BCUT2D eigenvalue weighted by atomic mass is 9.93. The van der Waals surface area contributed by atoms with Gasteiger partial charge in [-0.2, -0.15) is 15.8 Å². The predicted molar refractivity (Wildman–Crippen MR) is 201 cm³/mol. The highest BCUT2D eigenvalue weighted by Gasteiger charge is 2.22. The van der Waals surface area contributed by atoms with Crippen molar-refractivity contribution in [2.45, 2.75) is 12.5 Å². The maximum atomic E-state index is 10.0. The average Bonchev–Trinajstić information content (AvgIpc) is 3.70. The summed E-state index contributed by atoms with van der Waals surface area (Å²) in [5.41, 5.74) is 11.2. The monoisotopic (exact) mass is 637 g/mol. The lowest BCUT2D eigenvalue weighted by Gasteiger charge is -2.22. The normalized spacial score (nSPS) is 14.1. The van der Waals surface area contributed by atoms with E-state index in [-0.39, 0.29) is 6.04 Å². The van der Waals surface area contributed by atoms with Gasteiger partial charge < -0.3 is 9.13 Å². The second kappa shape index (κ2) is 11.5. The lowest BCUT2D eigenvalue weighted by Crippen LogP contribution is -2.08. The Morgan fingerprint density at radius 2 is 1.24 bits per heavy atom. The van der Waals surface area contributed by atoms with Gasteiger partial charge in [0.15, 0.2) is 0 Å². The lowest BCUT2D eigenvalue weighted by molar-refractivity contribution is 0.650. The molecule has 1 aliphatic carbocycles. The first-order chi connectivity index (χ1) is 24.7. The molecule has 0 aliphatic heterocycles. The highest BCUT2D eigenvalue weighted by Crippen LogP contribution is 2.40. The van der Waals surface area contributed by atoms with E-state index >= 15 is 0 Å². The van der Waals surface area contributed by atoms with Crippen molar-refractivity contribution in [1.82, 2.24) is 9.13 Å². The molecule has 8 aromatic rings. The molecule has 0 spiro atoms. The van der Waals surface area contributed by atoms with Crippen molar-refractivity contribution in [2.24, 2.45) is 0 Å². The van der Waals surface area contributed by atoms with Gasteiger partial charge in [0.2, 0.25) is 0 Å². The number of nitriles is 3. The van der Waals surface area contributed by atoms with Crippen LogP contribution in [0.2, 0.25) is 0 Å². The van der Waals surface area contributed by atoms with Crippen LogP contribution in [-0.2, 0) is 0 Å². The Labute approximate surface area is 288 Å². The van der Waals surface area contributed by atoms with Crippen LogP contribution in [0.4, 0.5) is 0 Å². The maximum Gasteiger partial charge on any atom is 0.0998 e. The van der Waals surface area contributed by atoms with Crippen LogP contribution in [-0.4, -0.2) is 9.13 Å². The molecular formula is C45H27N5. The van der Waals surface area contributed by atoms with Gasteiger partial charge >= 0.3 is 0 Å². The van der Waals surface area contributed by atoms with Crippen LogP contribution in [0, 0.1) is 34.0 Å². The van der Waals surface area contributed by atoms with Crippen molar-refractivity contribution in [2.75, 3.05) is 0 Å². The SMILES string of the molecule is N#Cc1ccc(-n2c3ccccc3c3ccccc32)c(-c2cccc(C3=CC(n4c5ccc(C#N)cc5c5c(C#N)cccc54)CC=C3)c2)c1. The molecule has 6 aromatic carbocycles. The molecule has 2 aromatic heterocycles. The number of hydrogen-bond acceptors (Lipinski definition) is 3. The summed E-state index contributed by atoms with van der Waals surface area (Å²) in [6.07, 6.45) is 7.48. The maximum absolute atomic E-state index is 10.0. The Bertz CT molecular complexity index is 2840. The third kappa shape index (κ3) is 4.45. The molecule has 1 unspecified atom stereocenters. The number of fused-ring (bicyclic) bond motifs is 6. The minimum Gasteiger partial charge on any atom is -0.333 e. The van der Waals surface area contributed by atoms with Crippen molar-refractivity contribution < 1.29 is 0 Å². The molecule has 5 nitrogen and oxygen atoms in total. The molecule has 0 saturated carbocycles. The summed E-state index contributed by atoms with van der Waals surface area (Å²) in [5.74, 6) is 0. The Hall–Kier alpha value is -7.13. The zero-order valence-corrected chi connectivity index (χ0v) is 26.9. The molecule has 9 rings (SSSR count). The van der Waals surface area contributed by atoms with E-state index < -0.39 is 0 Å². The van der Waals surface area contributed by atoms with Crippen LogP contribution in [0.3, 0.4) is 0 Å². The van der Waals surface area contributed by atoms with Crippen LogP contribution in [0.15, 0.2) is 146 Å². The summed E-state index contributed by atoms with van der Waals surface area (Å²) in [5, 5.41) is 33.8. The third-order valence-electron chi connectivity index (χ3n) is 9.91. The predicted octanol–water partition coefficient (Wildman–Crippen LogP) is 10.8. The number of rotatable bonds is 4. The number of hydrogen-bond donors (Lipinski definition) is 0. The first kappa shape index (κ1) is 29.0. The second-order valence-electron chi connectivity index (χ2n) is 12.6. The van der Waals surface area contributed by atoms with Gasteiger partial charge in [0.25, 0.3) is 0 Å². The van der Waals surface area contributed by atoms with E-state index in [9.17, 15) is 15.8 Å². The smallest absolute Gasteiger partial charge is 0.0998 e. The van der Waals surface area contributed by atoms with Gasteiger partial charge in [-0.3, -0.25) is 0 Å². The summed E-state index contributed by atoms with van der Waals surface area (Å²) < 4.78 is 4.61. The molecule has 0 fully saturated rings. The van der Waals surface area contributed by atoms with Crippen molar-refractivity contribution in [1.29, 1.82) is 15.8 Å². The van der Waals surface area contributed by atoms with E-state index in [1.807, 2.05) is 42.5 Å². The first-order valence-corrected chi connectivity index (χ1v) is 16.6. The van der Waals surface area contributed by atoms with E-state index in [4.69, 9.17) is 0 Å². The average molecular weight is 638 g/mol. The van der Waals surface area contributed by atoms with E-state index in [2.05, 4.69) is 130 Å². The van der Waals surface area contributed by atoms with Gasteiger partial charge in [0.1, 0.15) is 0 Å². The second-order valence-corrected chi connectivity index (χ2v) is 12.6. The Balaban J connectivity index is 1.20.